The highest BCUT2D eigenvalue weighted by Gasteiger charge is 2.37. The number of methoxy groups -OCH3 is 1. The van der Waals surface area contributed by atoms with Crippen LogP contribution in [0.25, 0.3) is 11.1 Å². The predicted octanol–water partition coefficient (Wildman–Crippen LogP) is 5.74. The van der Waals surface area contributed by atoms with Crippen LogP contribution in [0.1, 0.15) is 5.69 Å². The molecule has 1 heterocycles. The zero-order chi connectivity index (χ0) is 15.8. The number of ether oxygens (including phenoxy) is 1. The molecule has 0 aliphatic carbocycles. The average molecular weight is 357 g/mol. The molecule has 0 aliphatic heterocycles. The predicted molar refractivity (Wildman–Crippen MR) is 76.3 cm³/mol. The second-order valence-corrected chi connectivity index (χ2v) is 5.24. The Kier molecular flexibility index (Phi) is 4.56. The topological polar surface area (TPSA) is 22.1 Å². The summed E-state index contributed by atoms with van der Waals surface area (Å²) in [5, 5.41) is 0.235. The number of aromatic nitrogens is 1. The largest absolute Gasteiger partial charge is 0.481 e. The summed E-state index contributed by atoms with van der Waals surface area (Å²) < 4.78 is 44.2. The highest BCUT2D eigenvalue weighted by Crippen LogP contribution is 2.43. The normalized spacial score (nSPS) is 11.6. The van der Waals surface area contributed by atoms with Crippen molar-refractivity contribution in [3.8, 4) is 17.0 Å². The molecule has 21 heavy (non-hydrogen) atoms. The number of halogens is 6. The van der Waals surface area contributed by atoms with E-state index in [1.165, 1.54) is 31.4 Å². The van der Waals surface area contributed by atoms with Gasteiger partial charge in [-0.3, -0.25) is 0 Å². The summed E-state index contributed by atoms with van der Waals surface area (Å²) in [6.45, 7) is 0. The van der Waals surface area contributed by atoms with Gasteiger partial charge in [0.2, 0.25) is 5.88 Å². The Morgan fingerprint density at radius 3 is 2.10 bits per heavy atom. The van der Waals surface area contributed by atoms with E-state index in [0.29, 0.717) is 0 Å². The van der Waals surface area contributed by atoms with E-state index in [4.69, 9.17) is 39.5 Å². The standard InChI is InChI=1S/C13H7Cl3F3NO/c1-21-10-3-2-7(12(20-10)13(17,18)19)11-8(15)4-6(14)5-9(11)16/h2-5H,1H3. The fourth-order valence-corrected chi connectivity index (χ4v) is 2.79. The molecule has 1 aromatic carbocycles. The van der Waals surface area contributed by atoms with Gasteiger partial charge < -0.3 is 4.74 Å². The Bertz CT molecular complexity index is 666. The number of alkyl halides is 3. The third kappa shape index (κ3) is 3.36. The van der Waals surface area contributed by atoms with E-state index >= 15 is 0 Å². The lowest BCUT2D eigenvalue weighted by atomic mass is 10.0. The summed E-state index contributed by atoms with van der Waals surface area (Å²) in [7, 11) is 1.23. The molecule has 0 amide bonds. The number of rotatable bonds is 2. The van der Waals surface area contributed by atoms with Crippen molar-refractivity contribution in [2.24, 2.45) is 0 Å². The molecule has 0 saturated carbocycles. The fourth-order valence-electron chi connectivity index (χ4n) is 1.77. The number of hydrogen-bond acceptors (Lipinski definition) is 2. The van der Waals surface area contributed by atoms with Gasteiger partial charge in [0.05, 0.1) is 17.2 Å². The van der Waals surface area contributed by atoms with E-state index in [-0.39, 0.29) is 32.1 Å². The molecule has 8 heteroatoms. The van der Waals surface area contributed by atoms with Crippen LogP contribution in [0.3, 0.4) is 0 Å². The summed E-state index contributed by atoms with van der Waals surface area (Å²) in [4.78, 5) is 3.45. The zero-order valence-corrected chi connectivity index (χ0v) is 12.7. The van der Waals surface area contributed by atoms with Crippen LogP contribution in [0.15, 0.2) is 24.3 Å². The van der Waals surface area contributed by atoms with Gasteiger partial charge in [-0.1, -0.05) is 34.8 Å². The molecule has 1 aromatic heterocycles. The van der Waals surface area contributed by atoms with Gasteiger partial charge in [0.25, 0.3) is 0 Å². The highest BCUT2D eigenvalue weighted by molar-refractivity contribution is 6.41. The van der Waals surface area contributed by atoms with E-state index in [2.05, 4.69) is 4.98 Å². The third-order valence-electron chi connectivity index (χ3n) is 2.62. The van der Waals surface area contributed by atoms with E-state index in [1.807, 2.05) is 0 Å². The smallest absolute Gasteiger partial charge is 0.434 e. The molecule has 0 bridgehead atoms. The summed E-state index contributed by atoms with van der Waals surface area (Å²) in [6.07, 6.45) is -4.68. The lowest BCUT2D eigenvalue weighted by molar-refractivity contribution is -0.140. The Balaban J connectivity index is 2.75. The highest BCUT2D eigenvalue weighted by atomic mass is 35.5. The minimum atomic E-state index is -4.68. The van der Waals surface area contributed by atoms with E-state index in [9.17, 15) is 13.2 Å². The van der Waals surface area contributed by atoms with Crippen molar-refractivity contribution < 1.29 is 17.9 Å². The Morgan fingerprint density at radius 1 is 1.05 bits per heavy atom. The van der Waals surface area contributed by atoms with Crippen molar-refractivity contribution in [3.63, 3.8) is 0 Å². The molecule has 0 saturated heterocycles. The maximum Gasteiger partial charge on any atom is 0.434 e. The van der Waals surface area contributed by atoms with Crippen molar-refractivity contribution in [2.45, 2.75) is 6.18 Å². The van der Waals surface area contributed by atoms with Gasteiger partial charge in [-0.25, -0.2) is 4.98 Å². The molecular formula is C13H7Cl3F3NO. The summed E-state index contributed by atoms with van der Waals surface area (Å²) in [6, 6.07) is 5.13. The molecule has 2 nitrogen and oxygen atoms in total. The van der Waals surface area contributed by atoms with E-state index in [1.54, 1.807) is 0 Å². The van der Waals surface area contributed by atoms with E-state index < -0.39 is 11.9 Å². The quantitative estimate of drug-likeness (QED) is 0.685. The second-order valence-electron chi connectivity index (χ2n) is 3.99. The maximum absolute atomic E-state index is 13.2. The molecule has 0 N–H and O–H groups in total. The number of hydrogen-bond donors (Lipinski definition) is 0. The molecule has 0 spiro atoms. The van der Waals surface area contributed by atoms with Gasteiger partial charge in [-0.15, -0.1) is 0 Å². The molecule has 0 radical (unpaired) electrons. The monoisotopic (exact) mass is 355 g/mol. The number of nitrogens with zero attached hydrogens (tertiary/aromatic N) is 1. The number of pyridine rings is 1. The van der Waals surface area contributed by atoms with E-state index in [0.717, 1.165) is 0 Å². The SMILES string of the molecule is COc1ccc(-c2c(Cl)cc(Cl)cc2Cl)c(C(F)(F)F)n1. The Labute approximate surface area is 133 Å². The van der Waals surface area contributed by atoms with Gasteiger partial charge in [0.1, 0.15) is 0 Å². The minimum Gasteiger partial charge on any atom is -0.481 e. The average Bonchev–Trinajstić information content (AvgIpc) is 2.36. The van der Waals surface area contributed by atoms with Crippen LogP contribution < -0.4 is 4.74 Å². The molecule has 0 unspecified atom stereocenters. The fraction of sp³-hybridized carbons (Fsp3) is 0.154. The van der Waals surface area contributed by atoms with Gasteiger partial charge >= 0.3 is 6.18 Å². The molecule has 2 aromatic rings. The Hall–Kier alpha value is -1.17. The van der Waals surface area contributed by atoms with Gasteiger partial charge in [0.15, 0.2) is 5.69 Å². The molecule has 0 aliphatic rings. The molecule has 2 rings (SSSR count). The summed E-state index contributed by atoms with van der Waals surface area (Å²) in [5.41, 5.74) is -1.35. The van der Waals surface area contributed by atoms with Crippen LogP contribution in [0.5, 0.6) is 5.88 Å². The molecule has 112 valence electrons. The first-order valence-corrected chi connectivity index (χ1v) is 6.64. The van der Waals surface area contributed by atoms with Gasteiger partial charge in [-0.05, 0) is 18.2 Å². The maximum atomic E-state index is 13.2. The van der Waals surface area contributed by atoms with Crippen molar-refractivity contribution >= 4 is 34.8 Å². The molecule has 0 atom stereocenters. The molecular weight excluding hydrogens is 350 g/mol. The first-order valence-electron chi connectivity index (χ1n) is 5.51. The van der Waals surface area contributed by atoms with Crippen LogP contribution >= 0.6 is 34.8 Å². The lowest BCUT2D eigenvalue weighted by Gasteiger charge is -2.15. The third-order valence-corrected chi connectivity index (χ3v) is 3.44. The lowest BCUT2D eigenvalue weighted by Crippen LogP contribution is -2.11. The van der Waals surface area contributed by atoms with Crippen LogP contribution in [0.4, 0.5) is 13.2 Å². The van der Waals surface area contributed by atoms with Crippen molar-refractivity contribution in [2.75, 3.05) is 7.11 Å². The van der Waals surface area contributed by atoms with Gasteiger partial charge in [-0.2, -0.15) is 13.2 Å². The van der Waals surface area contributed by atoms with Crippen molar-refractivity contribution in [3.05, 3.63) is 45.0 Å². The van der Waals surface area contributed by atoms with Crippen molar-refractivity contribution in [1.82, 2.24) is 4.98 Å². The Morgan fingerprint density at radius 2 is 1.62 bits per heavy atom. The van der Waals surface area contributed by atoms with Crippen LogP contribution in [-0.4, -0.2) is 12.1 Å². The first-order chi connectivity index (χ1) is 9.74. The van der Waals surface area contributed by atoms with Crippen LogP contribution in [-0.2, 0) is 6.18 Å². The minimum absolute atomic E-state index is 0.00460. The first kappa shape index (κ1) is 16.2. The summed E-state index contributed by atoms with van der Waals surface area (Å²) in [5.74, 6) is -0.160. The van der Waals surface area contributed by atoms with Crippen LogP contribution in [0, 0.1) is 0 Å². The zero-order valence-electron chi connectivity index (χ0n) is 10.4. The van der Waals surface area contributed by atoms with Gasteiger partial charge in [0, 0.05) is 22.2 Å². The second kappa shape index (κ2) is 5.91. The molecule has 0 fully saturated rings. The van der Waals surface area contributed by atoms with Crippen LogP contribution in [0.2, 0.25) is 15.1 Å². The number of benzene rings is 1. The summed E-state index contributed by atoms with van der Waals surface area (Å²) >= 11 is 17.7. The van der Waals surface area contributed by atoms with Crippen molar-refractivity contribution in [1.29, 1.82) is 0 Å².